The summed E-state index contributed by atoms with van der Waals surface area (Å²) < 4.78 is 6.34. The maximum atomic E-state index is 11.4. The molecule has 0 aromatic carbocycles. The van der Waals surface area contributed by atoms with Crippen LogP contribution in [0, 0.1) is 11.8 Å². The first kappa shape index (κ1) is 12.1. The predicted molar refractivity (Wildman–Crippen MR) is 67.8 cm³/mol. The zero-order valence-electron chi connectivity index (χ0n) is 10.9. The molecule has 0 aliphatic heterocycles. The number of fused-ring (bicyclic) bond motifs is 1. The third-order valence-electron chi connectivity index (χ3n) is 4.48. The minimum Gasteiger partial charge on any atom is -0.413 e. The van der Waals surface area contributed by atoms with Crippen LogP contribution < -0.4 is 0 Å². The van der Waals surface area contributed by atoms with E-state index in [4.69, 9.17) is 4.43 Å². The van der Waals surface area contributed by atoms with Crippen LogP contribution in [-0.4, -0.2) is 20.2 Å². The summed E-state index contributed by atoms with van der Waals surface area (Å²) in [5.74, 6) is 0.927. The van der Waals surface area contributed by atoms with Crippen molar-refractivity contribution >= 4 is 14.1 Å². The number of ketones is 1. The van der Waals surface area contributed by atoms with Gasteiger partial charge in [0, 0.05) is 11.8 Å². The normalized spacial score (nSPS) is 33.8. The molecule has 0 bridgehead atoms. The van der Waals surface area contributed by atoms with E-state index >= 15 is 0 Å². The van der Waals surface area contributed by atoms with Crippen molar-refractivity contribution in [3.8, 4) is 0 Å². The Balaban J connectivity index is 1.99. The lowest BCUT2D eigenvalue weighted by molar-refractivity contribution is -0.125. The highest BCUT2D eigenvalue weighted by Crippen LogP contribution is 2.47. The highest BCUT2D eigenvalue weighted by atomic mass is 28.4. The minimum atomic E-state index is -1.66. The summed E-state index contributed by atoms with van der Waals surface area (Å²) >= 11 is 0. The molecule has 0 N–H and O–H groups in total. The maximum absolute atomic E-state index is 11.4. The smallest absolute Gasteiger partial charge is 0.192 e. The molecule has 0 aromatic heterocycles. The Bertz CT molecular complexity index is 338. The van der Waals surface area contributed by atoms with Crippen LogP contribution in [0.2, 0.25) is 18.1 Å². The topological polar surface area (TPSA) is 26.3 Å². The Morgan fingerprint density at radius 2 is 2.00 bits per heavy atom. The molecule has 3 atom stereocenters. The van der Waals surface area contributed by atoms with E-state index in [9.17, 15) is 4.79 Å². The predicted octanol–water partition coefficient (Wildman–Crippen LogP) is 3.15. The van der Waals surface area contributed by atoms with Crippen molar-refractivity contribution in [3.05, 3.63) is 12.2 Å². The molecule has 90 valence electrons. The van der Waals surface area contributed by atoms with Crippen LogP contribution in [0.1, 0.15) is 27.2 Å². The van der Waals surface area contributed by atoms with Gasteiger partial charge in [0.1, 0.15) is 0 Å². The fourth-order valence-electron chi connectivity index (χ4n) is 2.20. The standard InChI is InChI=1S/C13H22O2Si/c1-13(2,3)16(4,5)15-12-8-10-9(12)6-7-11(10)14/h6-7,9-10,12H,8H2,1-5H3/t9-,10-,12+/m1/s1. The van der Waals surface area contributed by atoms with Crippen molar-refractivity contribution in [2.75, 3.05) is 0 Å². The molecule has 0 spiro atoms. The van der Waals surface area contributed by atoms with E-state index in [0.29, 0.717) is 17.8 Å². The van der Waals surface area contributed by atoms with Gasteiger partial charge in [0.2, 0.25) is 0 Å². The third-order valence-corrected chi connectivity index (χ3v) is 8.98. The summed E-state index contributed by atoms with van der Waals surface area (Å²) in [6.45, 7) is 11.3. The Morgan fingerprint density at radius 1 is 1.38 bits per heavy atom. The molecule has 1 saturated carbocycles. The van der Waals surface area contributed by atoms with Gasteiger partial charge in [-0.25, -0.2) is 0 Å². The van der Waals surface area contributed by atoms with Crippen LogP contribution in [0.5, 0.6) is 0 Å². The van der Waals surface area contributed by atoms with Gasteiger partial charge in [0.15, 0.2) is 14.1 Å². The molecule has 2 nitrogen and oxygen atoms in total. The Hall–Kier alpha value is -0.413. The van der Waals surface area contributed by atoms with E-state index in [0.717, 1.165) is 6.42 Å². The van der Waals surface area contributed by atoms with Crippen LogP contribution in [-0.2, 0) is 9.22 Å². The van der Waals surface area contributed by atoms with Gasteiger partial charge >= 0.3 is 0 Å². The van der Waals surface area contributed by atoms with Crippen LogP contribution in [0.25, 0.3) is 0 Å². The summed E-state index contributed by atoms with van der Waals surface area (Å²) in [7, 11) is -1.66. The summed E-state index contributed by atoms with van der Waals surface area (Å²) in [5.41, 5.74) is 0. The molecule has 1 fully saturated rings. The molecule has 0 heterocycles. The van der Waals surface area contributed by atoms with E-state index in [1.807, 2.05) is 6.08 Å². The van der Waals surface area contributed by atoms with E-state index in [2.05, 4.69) is 33.9 Å². The number of allylic oxidation sites excluding steroid dienone is 1. The second kappa shape index (κ2) is 3.54. The van der Waals surface area contributed by atoms with Gasteiger partial charge in [-0.1, -0.05) is 26.8 Å². The van der Waals surface area contributed by atoms with Crippen molar-refractivity contribution in [1.29, 1.82) is 0 Å². The lowest BCUT2D eigenvalue weighted by atomic mass is 9.73. The van der Waals surface area contributed by atoms with Gasteiger partial charge in [-0.3, -0.25) is 4.79 Å². The maximum Gasteiger partial charge on any atom is 0.192 e. The van der Waals surface area contributed by atoms with Crippen LogP contribution in [0.3, 0.4) is 0 Å². The van der Waals surface area contributed by atoms with E-state index < -0.39 is 8.32 Å². The van der Waals surface area contributed by atoms with Gasteiger partial charge in [0.25, 0.3) is 0 Å². The van der Waals surface area contributed by atoms with Gasteiger partial charge in [-0.2, -0.15) is 0 Å². The highest BCUT2D eigenvalue weighted by Gasteiger charge is 2.50. The fourth-order valence-corrected chi connectivity index (χ4v) is 3.57. The van der Waals surface area contributed by atoms with Crippen molar-refractivity contribution in [3.63, 3.8) is 0 Å². The van der Waals surface area contributed by atoms with E-state index in [1.54, 1.807) is 6.08 Å². The largest absolute Gasteiger partial charge is 0.413 e. The molecule has 16 heavy (non-hydrogen) atoms. The number of rotatable bonds is 2. The molecule has 0 radical (unpaired) electrons. The monoisotopic (exact) mass is 238 g/mol. The molecule has 2 aliphatic carbocycles. The van der Waals surface area contributed by atoms with Gasteiger partial charge in [-0.05, 0) is 30.6 Å². The third kappa shape index (κ3) is 1.80. The van der Waals surface area contributed by atoms with Crippen LogP contribution >= 0.6 is 0 Å². The second-order valence-electron chi connectivity index (χ2n) is 6.60. The number of carbonyl (C=O) groups is 1. The van der Waals surface area contributed by atoms with Gasteiger partial charge in [-0.15, -0.1) is 0 Å². The van der Waals surface area contributed by atoms with Crippen LogP contribution in [0.15, 0.2) is 12.2 Å². The van der Waals surface area contributed by atoms with Crippen molar-refractivity contribution in [1.82, 2.24) is 0 Å². The molecule has 0 unspecified atom stereocenters. The van der Waals surface area contributed by atoms with Crippen LogP contribution in [0.4, 0.5) is 0 Å². The minimum absolute atomic E-state index is 0.245. The zero-order chi connectivity index (χ0) is 12.1. The lowest BCUT2D eigenvalue weighted by Crippen LogP contribution is -2.52. The summed E-state index contributed by atoms with van der Waals surface area (Å²) in [6, 6.07) is 0. The number of hydrogen-bond donors (Lipinski definition) is 0. The molecule has 2 aliphatic rings. The average Bonchev–Trinajstić information content (AvgIpc) is 2.36. The molecular weight excluding hydrogens is 216 g/mol. The molecular formula is C13H22O2Si. The van der Waals surface area contributed by atoms with Crippen molar-refractivity contribution in [2.24, 2.45) is 11.8 Å². The summed E-state index contributed by atoms with van der Waals surface area (Å²) in [5, 5.41) is 0.254. The molecule has 0 amide bonds. The SMILES string of the molecule is CC(C)(C)[Si](C)(C)O[C@H]1C[C@H]2C(=O)C=C[C@@H]12. The van der Waals surface area contributed by atoms with E-state index in [-0.39, 0.29) is 11.0 Å². The van der Waals surface area contributed by atoms with E-state index in [1.165, 1.54) is 0 Å². The quantitative estimate of drug-likeness (QED) is 0.691. The summed E-state index contributed by atoms with van der Waals surface area (Å²) in [6.07, 6.45) is 5.02. The molecule has 2 rings (SSSR count). The van der Waals surface area contributed by atoms with Gasteiger partial charge in [0.05, 0.1) is 6.10 Å². The first-order valence-corrected chi connectivity index (χ1v) is 9.03. The first-order valence-electron chi connectivity index (χ1n) is 6.12. The Kier molecular flexibility index (Phi) is 2.67. The highest BCUT2D eigenvalue weighted by molar-refractivity contribution is 6.74. The van der Waals surface area contributed by atoms with Crippen molar-refractivity contribution in [2.45, 2.75) is 51.4 Å². The first-order chi connectivity index (χ1) is 7.22. The number of hydrogen-bond acceptors (Lipinski definition) is 2. The molecule has 0 aromatic rings. The zero-order valence-corrected chi connectivity index (χ0v) is 11.9. The number of carbonyl (C=O) groups excluding carboxylic acids is 1. The molecule has 3 heteroatoms. The Morgan fingerprint density at radius 3 is 2.50 bits per heavy atom. The Labute approximate surface area is 99.2 Å². The lowest BCUT2D eigenvalue weighted by Gasteiger charge is -2.46. The summed E-state index contributed by atoms with van der Waals surface area (Å²) in [4.78, 5) is 11.4. The van der Waals surface area contributed by atoms with Gasteiger partial charge < -0.3 is 4.43 Å². The second-order valence-corrected chi connectivity index (χ2v) is 11.4. The average molecular weight is 238 g/mol. The van der Waals surface area contributed by atoms with Crippen molar-refractivity contribution < 1.29 is 9.22 Å². The fraction of sp³-hybridized carbons (Fsp3) is 0.769. The molecule has 0 saturated heterocycles.